The third-order valence-electron chi connectivity index (χ3n) is 3.69. The van der Waals surface area contributed by atoms with Gasteiger partial charge in [-0.25, -0.2) is 4.79 Å². The molecule has 0 spiro atoms. The van der Waals surface area contributed by atoms with E-state index in [4.69, 9.17) is 9.47 Å². The summed E-state index contributed by atoms with van der Waals surface area (Å²) >= 11 is 0. The SMILES string of the molecule is CCn1cnnc1CNC(=O)N[C@H](C)c1cc(OC)ccc1OC. The second kappa shape index (κ2) is 8.19. The number of methoxy groups -OCH3 is 2. The van der Waals surface area contributed by atoms with Gasteiger partial charge < -0.3 is 24.7 Å². The van der Waals surface area contributed by atoms with Crippen LogP contribution in [0.2, 0.25) is 0 Å². The summed E-state index contributed by atoms with van der Waals surface area (Å²) in [4.78, 5) is 12.1. The summed E-state index contributed by atoms with van der Waals surface area (Å²) in [5, 5.41) is 13.5. The molecule has 0 saturated heterocycles. The maximum atomic E-state index is 12.1. The molecule has 1 aromatic heterocycles. The molecular weight excluding hydrogens is 310 g/mol. The van der Waals surface area contributed by atoms with Gasteiger partial charge in [0, 0.05) is 12.1 Å². The summed E-state index contributed by atoms with van der Waals surface area (Å²) in [5.41, 5.74) is 0.837. The van der Waals surface area contributed by atoms with Crippen LogP contribution in [-0.2, 0) is 13.1 Å². The summed E-state index contributed by atoms with van der Waals surface area (Å²) in [5.74, 6) is 2.10. The van der Waals surface area contributed by atoms with Crippen LogP contribution in [0.4, 0.5) is 4.79 Å². The smallest absolute Gasteiger partial charge is 0.315 e. The van der Waals surface area contributed by atoms with Crippen molar-refractivity contribution in [2.24, 2.45) is 0 Å². The molecule has 8 nitrogen and oxygen atoms in total. The molecule has 2 amide bonds. The van der Waals surface area contributed by atoms with E-state index in [-0.39, 0.29) is 12.1 Å². The molecule has 1 aromatic carbocycles. The quantitative estimate of drug-likeness (QED) is 0.807. The third kappa shape index (κ3) is 4.15. The zero-order valence-electron chi connectivity index (χ0n) is 14.4. The molecule has 8 heteroatoms. The van der Waals surface area contributed by atoms with Gasteiger partial charge in [0.25, 0.3) is 0 Å². The minimum Gasteiger partial charge on any atom is -0.497 e. The van der Waals surface area contributed by atoms with E-state index >= 15 is 0 Å². The number of carbonyl (C=O) groups excluding carboxylic acids is 1. The summed E-state index contributed by atoms with van der Waals surface area (Å²) in [6.45, 7) is 4.93. The van der Waals surface area contributed by atoms with Crippen LogP contribution in [0.5, 0.6) is 11.5 Å². The van der Waals surface area contributed by atoms with Crippen LogP contribution in [0.3, 0.4) is 0 Å². The standard InChI is InChI=1S/C16H23N5O3/c1-5-21-10-18-20-15(21)9-17-16(22)19-11(2)13-8-12(23-3)6-7-14(13)24-4/h6-8,10-11H,5,9H2,1-4H3,(H2,17,19,22)/t11-/m1/s1. The van der Waals surface area contributed by atoms with Crippen LogP contribution < -0.4 is 20.1 Å². The lowest BCUT2D eigenvalue weighted by atomic mass is 10.1. The molecule has 0 aliphatic rings. The number of urea groups is 1. The van der Waals surface area contributed by atoms with Gasteiger partial charge >= 0.3 is 6.03 Å². The molecule has 130 valence electrons. The Bertz CT molecular complexity index is 686. The topological polar surface area (TPSA) is 90.3 Å². The average Bonchev–Trinajstić information content (AvgIpc) is 3.06. The Morgan fingerprint density at radius 1 is 1.33 bits per heavy atom. The first kappa shape index (κ1) is 17.6. The van der Waals surface area contributed by atoms with E-state index in [0.717, 1.165) is 12.1 Å². The molecular formula is C16H23N5O3. The highest BCUT2D eigenvalue weighted by molar-refractivity contribution is 5.74. The summed E-state index contributed by atoms with van der Waals surface area (Å²) in [6.07, 6.45) is 1.64. The molecule has 0 radical (unpaired) electrons. The van der Waals surface area contributed by atoms with Crippen molar-refractivity contribution < 1.29 is 14.3 Å². The van der Waals surface area contributed by atoms with Crippen molar-refractivity contribution in [2.75, 3.05) is 14.2 Å². The first-order chi connectivity index (χ1) is 11.6. The van der Waals surface area contributed by atoms with Crippen LogP contribution in [0.25, 0.3) is 0 Å². The van der Waals surface area contributed by atoms with Gasteiger partial charge in [0.05, 0.1) is 26.8 Å². The van der Waals surface area contributed by atoms with Gasteiger partial charge in [-0.2, -0.15) is 0 Å². The highest BCUT2D eigenvalue weighted by atomic mass is 16.5. The fourth-order valence-corrected chi connectivity index (χ4v) is 2.34. The largest absolute Gasteiger partial charge is 0.497 e. The Morgan fingerprint density at radius 3 is 2.79 bits per heavy atom. The number of benzene rings is 1. The first-order valence-corrected chi connectivity index (χ1v) is 7.72. The minimum atomic E-state index is -0.293. The summed E-state index contributed by atoms with van der Waals surface area (Å²) in [7, 11) is 3.19. The van der Waals surface area contributed by atoms with Crippen LogP contribution >= 0.6 is 0 Å². The number of ether oxygens (including phenoxy) is 2. The van der Waals surface area contributed by atoms with E-state index in [1.165, 1.54) is 0 Å². The first-order valence-electron chi connectivity index (χ1n) is 7.72. The van der Waals surface area contributed by atoms with Crippen molar-refractivity contribution in [1.82, 2.24) is 25.4 Å². The Labute approximate surface area is 141 Å². The van der Waals surface area contributed by atoms with Crippen molar-refractivity contribution in [1.29, 1.82) is 0 Å². The zero-order valence-corrected chi connectivity index (χ0v) is 14.4. The third-order valence-corrected chi connectivity index (χ3v) is 3.69. The number of rotatable bonds is 7. The van der Waals surface area contributed by atoms with E-state index in [1.54, 1.807) is 20.5 Å². The molecule has 0 fully saturated rings. The predicted octanol–water partition coefficient (Wildman–Crippen LogP) is 1.88. The summed E-state index contributed by atoms with van der Waals surface area (Å²) in [6, 6.07) is 4.93. The lowest BCUT2D eigenvalue weighted by molar-refractivity contribution is 0.237. The molecule has 24 heavy (non-hydrogen) atoms. The van der Waals surface area contributed by atoms with Crippen molar-refractivity contribution in [3.05, 3.63) is 35.9 Å². The van der Waals surface area contributed by atoms with Crippen LogP contribution in [0.15, 0.2) is 24.5 Å². The molecule has 2 aromatic rings. The van der Waals surface area contributed by atoms with Gasteiger partial charge in [-0.05, 0) is 32.0 Å². The van der Waals surface area contributed by atoms with E-state index in [1.807, 2.05) is 36.6 Å². The summed E-state index contributed by atoms with van der Waals surface area (Å²) < 4.78 is 12.4. The Kier molecular flexibility index (Phi) is 6.00. The molecule has 1 heterocycles. The second-order valence-corrected chi connectivity index (χ2v) is 5.19. The van der Waals surface area contributed by atoms with Crippen LogP contribution in [0.1, 0.15) is 31.3 Å². The van der Waals surface area contributed by atoms with Gasteiger partial charge in [0.2, 0.25) is 0 Å². The highest BCUT2D eigenvalue weighted by Gasteiger charge is 2.15. The molecule has 2 N–H and O–H groups in total. The Morgan fingerprint density at radius 2 is 2.12 bits per heavy atom. The van der Waals surface area contributed by atoms with Crippen molar-refractivity contribution in [2.45, 2.75) is 33.0 Å². The number of hydrogen-bond donors (Lipinski definition) is 2. The van der Waals surface area contributed by atoms with Gasteiger partial charge in [0.15, 0.2) is 5.82 Å². The molecule has 0 saturated carbocycles. The van der Waals surface area contributed by atoms with Gasteiger partial charge in [-0.3, -0.25) is 0 Å². The van der Waals surface area contributed by atoms with E-state index < -0.39 is 0 Å². The monoisotopic (exact) mass is 333 g/mol. The number of amides is 2. The second-order valence-electron chi connectivity index (χ2n) is 5.19. The maximum Gasteiger partial charge on any atom is 0.315 e. The lowest BCUT2D eigenvalue weighted by Gasteiger charge is -2.18. The fourth-order valence-electron chi connectivity index (χ4n) is 2.34. The molecule has 0 aliphatic carbocycles. The van der Waals surface area contributed by atoms with Gasteiger partial charge in [0.1, 0.15) is 17.8 Å². The fraction of sp³-hybridized carbons (Fsp3) is 0.438. The number of hydrogen-bond acceptors (Lipinski definition) is 5. The van der Waals surface area contributed by atoms with E-state index in [9.17, 15) is 4.79 Å². The van der Waals surface area contributed by atoms with E-state index in [0.29, 0.717) is 23.9 Å². The Hall–Kier alpha value is -2.77. The number of nitrogens with one attached hydrogen (secondary N) is 2. The molecule has 0 unspecified atom stereocenters. The Balaban J connectivity index is 1.98. The number of aryl methyl sites for hydroxylation is 1. The maximum absolute atomic E-state index is 12.1. The number of carbonyl (C=O) groups is 1. The highest BCUT2D eigenvalue weighted by Crippen LogP contribution is 2.29. The van der Waals surface area contributed by atoms with Crippen LogP contribution in [0, 0.1) is 0 Å². The van der Waals surface area contributed by atoms with Gasteiger partial charge in [-0.15, -0.1) is 10.2 Å². The number of nitrogens with zero attached hydrogens (tertiary/aromatic N) is 3. The minimum absolute atomic E-state index is 0.251. The van der Waals surface area contributed by atoms with Crippen LogP contribution in [-0.4, -0.2) is 35.0 Å². The van der Waals surface area contributed by atoms with Crippen molar-refractivity contribution in [3.8, 4) is 11.5 Å². The molecule has 1 atom stereocenters. The zero-order chi connectivity index (χ0) is 17.5. The molecule has 2 rings (SSSR count). The lowest BCUT2D eigenvalue weighted by Crippen LogP contribution is -2.37. The molecule has 0 aliphatic heterocycles. The van der Waals surface area contributed by atoms with E-state index in [2.05, 4.69) is 20.8 Å². The molecule has 0 bridgehead atoms. The number of aromatic nitrogens is 3. The predicted molar refractivity (Wildman–Crippen MR) is 89.0 cm³/mol. The van der Waals surface area contributed by atoms with Crippen molar-refractivity contribution in [3.63, 3.8) is 0 Å². The normalized spacial score (nSPS) is 11.7. The van der Waals surface area contributed by atoms with Gasteiger partial charge in [-0.1, -0.05) is 0 Å². The van der Waals surface area contributed by atoms with Crippen molar-refractivity contribution >= 4 is 6.03 Å². The average molecular weight is 333 g/mol.